The van der Waals surface area contributed by atoms with Crippen molar-refractivity contribution in [2.24, 2.45) is 0 Å². The van der Waals surface area contributed by atoms with Crippen LogP contribution in [-0.4, -0.2) is 0 Å². The average Bonchev–Trinajstić information content (AvgIpc) is 3.81. The Bertz CT molecular complexity index is 3050. The van der Waals surface area contributed by atoms with E-state index in [2.05, 4.69) is 183 Å². The summed E-state index contributed by atoms with van der Waals surface area (Å²) in [5.74, 6) is 0. The van der Waals surface area contributed by atoms with Gasteiger partial charge >= 0.3 is 0 Å². The Labute approximate surface area is 310 Å². The van der Waals surface area contributed by atoms with Gasteiger partial charge in [-0.3, -0.25) is 0 Å². The molecule has 0 amide bonds. The van der Waals surface area contributed by atoms with Gasteiger partial charge in [0.15, 0.2) is 0 Å². The average molecular weight is 700 g/mol. The van der Waals surface area contributed by atoms with Crippen LogP contribution < -0.4 is 4.90 Å². The number of thiophene rings is 2. The zero-order valence-electron chi connectivity index (χ0n) is 28.9. The molecular formula is C49H33NS2. The van der Waals surface area contributed by atoms with Gasteiger partial charge in [-0.2, -0.15) is 0 Å². The monoisotopic (exact) mass is 699 g/mol. The van der Waals surface area contributed by atoms with Crippen molar-refractivity contribution in [1.82, 2.24) is 0 Å². The van der Waals surface area contributed by atoms with E-state index < -0.39 is 0 Å². The molecule has 0 N–H and O–H groups in total. The summed E-state index contributed by atoms with van der Waals surface area (Å²) in [6.45, 7) is 4.72. The number of anilines is 3. The standard InChI is InChI=1S/C49H33NS2/c1-49(2)41-13-6-3-12-38(41)48-42(49)14-9-15-43(48)50(35-24-25-46-40(29-35)37-11-5-7-16-44(37)51-46)34-22-20-30(21-23-34)31-18-19-32-27-39-36-10-4-8-17-45(36)52-47(39)28-33(32)26-31/h3-29H,1-2H3. The van der Waals surface area contributed by atoms with Gasteiger partial charge in [-0.25, -0.2) is 0 Å². The predicted octanol–water partition coefficient (Wildman–Crippen LogP) is 15.0. The molecule has 0 radical (unpaired) electrons. The van der Waals surface area contributed by atoms with Crippen LogP contribution in [0.5, 0.6) is 0 Å². The summed E-state index contributed by atoms with van der Waals surface area (Å²) < 4.78 is 5.32. The predicted molar refractivity (Wildman–Crippen MR) is 227 cm³/mol. The molecular weight excluding hydrogens is 667 g/mol. The lowest BCUT2D eigenvalue weighted by molar-refractivity contribution is 0.660. The highest BCUT2D eigenvalue weighted by Gasteiger charge is 2.37. The first-order chi connectivity index (χ1) is 25.5. The molecule has 1 aliphatic rings. The molecule has 0 aliphatic heterocycles. The van der Waals surface area contributed by atoms with Crippen LogP contribution in [0, 0.1) is 0 Å². The van der Waals surface area contributed by atoms with E-state index >= 15 is 0 Å². The zero-order valence-corrected chi connectivity index (χ0v) is 30.5. The lowest BCUT2D eigenvalue weighted by atomic mass is 9.82. The summed E-state index contributed by atoms with van der Waals surface area (Å²) in [5.41, 5.74) is 11.3. The third-order valence-corrected chi connectivity index (χ3v) is 13.5. The SMILES string of the molecule is CC1(C)c2ccccc2-c2c(N(c3ccc(-c4ccc5cc6c(cc5c4)sc4ccccc46)cc3)c3ccc4sc5ccccc5c4c3)cccc21. The Morgan fingerprint density at radius 2 is 1.06 bits per heavy atom. The molecule has 2 heterocycles. The van der Waals surface area contributed by atoms with Crippen molar-refractivity contribution >= 4 is 90.9 Å². The molecule has 10 aromatic rings. The lowest BCUT2D eigenvalue weighted by Crippen LogP contribution is -2.16. The van der Waals surface area contributed by atoms with E-state index in [0.717, 1.165) is 11.4 Å². The topological polar surface area (TPSA) is 3.24 Å². The first-order valence-corrected chi connectivity index (χ1v) is 19.5. The highest BCUT2D eigenvalue weighted by atomic mass is 32.1. The van der Waals surface area contributed by atoms with Gasteiger partial charge in [0.25, 0.3) is 0 Å². The molecule has 11 rings (SSSR count). The summed E-state index contributed by atoms with van der Waals surface area (Å²) in [7, 11) is 0. The Morgan fingerprint density at radius 3 is 1.87 bits per heavy atom. The van der Waals surface area contributed by atoms with Crippen LogP contribution >= 0.6 is 22.7 Å². The molecule has 3 heteroatoms. The zero-order chi connectivity index (χ0) is 34.6. The number of nitrogens with zero attached hydrogens (tertiary/aromatic N) is 1. The van der Waals surface area contributed by atoms with Crippen molar-refractivity contribution < 1.29 is 0 Å². The molecule has 0 saturated carbocycles. The summed E-state index contributed by atoms with van der Waals surface area (Å²) in [4.78, 5) is 2.48. The third kappa shape index (κ3) is 4.40. The van der Waals surface area contributed by atoms with Crippen LogP contribution in [-0.2, 0) is 5.41 Å². The second-order valence-corrected chi connectivity index (χ2v) is 16.7. The second-order valence-electron chi connectivity index (χ2n) is 14.5. The summed E-state index contributed by atoms with van der Waals surface area (Å²) in [5, 5.41) is 7.86. The van der Waals surface area contributed by atoms with Crippen LogP contribution in [0.2, 0.25) is 0 Å². The maximum Gasteiger partial charge on any atom is 0.0543 e. The van der Waals surface area contributed by atoms with Crippen molar-refractivity contribution in [2.45, 2.75) is 19.3 Å². The minimum absolute atomic E-state index is 0.0809. The number of fused-ring (bicyclic) bond motifs is 10. The first kappa shape index (κ1) is 29.9. The quantitative estimate of drug-likeness (QED) is 0.177. The van der Waals surface area contributed by atoms with E-state index in [4.69, 9.17) is 0 Å². The molecule has 1 nitrogen and oxygen atoms in total. The van der Waals surface area contributed by atoms with E-state index in [1.165, 1.54) is 90.2 Å². The molecule has 0 atom stereocenters. The normalized spacial score (nSPS) is 13.3. The highest BCUT2D eigenvalue weighted by Crippen LogP contribution is 2.54. The van der Waals surface area contributed by atoms with Gasteiger partial charge < -0.3 is 4.90 Å². The Morgan fingerprint density at radius 1 is 0.423 bits per heavy atom. The molecule has 0 spiro atoms. The molecule has 0 unspecified atom stereocenters. The highest BCUT2D eigenvalue weighted by molar-refractivity contribution is 7.26. The van der Waals surface area contributed by atoms with Gasteiger partial charge in [0.1, 0.15) is 0 Å². The van der Waals surface area contributed by atoms with Crippen LogP contribution in [0.1, 0.15) is 25.0 Å². The summed E-state index contributed by atoms with van der Waals surface area (Å²) in [6.07, 6.45) is 0. The van der Waals surface area contributed by atoms with Crippen molar-refractivity contribution in [2.75, 3.05) is 4.90 Å². The molecule has 52 heavy (non-hydrogen) atoms. The molecule has 0 saturated heterocycles. The Balaban J connectivity index is 1.07. The van der Waals surface area contributed by atoms with Gasteiger partial charge in [0, 0.05) is 62.7 Å². The fraction of sp³-hybridized carbons (Fsp3) is 0.0612. The third-order valence-electron chi connectivity index (χ3n) is 11.2. The van der Waals surface area contributed by atoms with Crippen LogP contribution in [0.4, 0.5) is 17.1 Å². The molecule has 0 fully saturated rings. The lowest BCUT2D eigenvalue weighted by Gasteiger charge is -2.29. The first-order valence-electron chi connectivity index (χ1n) is 17.9. The van der Waals surface area contributed by atoms with Crippen molar-refractivity contribution in [3.63, 3.8) is 0 Å². The van der Waals surface area contributed by atoms with Crippen LogP contribution in [0.3, 0.4) is 0 Å². The molecule has 1 aliphatic carbocycles. The van der Waals surface area contributed by atoms with Crippen LogP contribution in [0.25, 0.3) is 73.4 Å². The summed E-state index contributed by atoms with van der Waals surface area (Å²) in [6, 6.07) is 61.2. The minimum Gasteiger partial charge on any atom is -0.310 e. The smallest absolute Gasteiger partial charge is 0.0543 e. The number of hydrogen-bond donors (Lipinski definition) is 0. The van der Waals surface area contributed by atoms with Gasteiger partial charge in [0.05, 0.1) is 5.69 Å². The molecule has 0 bridgehead atoms. The molecule has 246 valence electrons. The van der Waals surface area contributed by atoms with E-state index in [1.54, 1.807) is 0 Å². The minimum atomic E-state index is -0.0809. The van der Waals surface area contributed by atoms with Crippen LogP contribution in [0.15, 0.2) is 164 Å². The fourth-order valence-corrected chi connectivity index (χ4v) is 10.9. The number of hydrogen-bond acceptors (Lipinski definition) is 3. The maximum absolute atomic E-state index is 2.48. The van der Waals surface area contributed by atoms with Gasteiger partial charge in [0.2, 0.25) is 0 Å². The van der Waals surface area contributed by atoms with Crippen molar-refractivity contribution in [3.05, 3.63) is 175 Å². The van der Waals surface area contributed by atoms with Gasteiger partial charge in [-0.05, 0) is 105 Å². The van der Waals surface area contributed by atoms with Crippen molar-refractivity contribution in [3.8, 4) is 22.3 Å². The van der Waals surface area contributed by atoms with E-state index in [9.17, 15) is 0 Å². The molecule has 2 aromatic heterocycles. The van der Waals surface area contributed by atoms with Gasteiger partial charge in [-0.15, -0.1) is 22.7 Å². The van der Waals surface area contributed by atoms with E-state index in [-0.39, 0.29) is 5.41 Å². The fourth-order valence-electron chi connectivity index (χ4n) is 8.65. The maximum atomic E-state index is 2.48. The molecule has 8 aromatic carbocycles. The largest absolute Gasteiger partial charge is 0.310 e. The van der Waals surface area contributed by atoms with Crippen molar-refractivity contribution in [1.29, 1.82) is 0 Å². The Hall–Kier alpha value is -5.74. The van der Waals surface area contributed by atoms with E-state index in [1.807, 2.05) is 22.7 Å². The number of benzene rings is 8. The van der Waals surface area contributed by atoms with E-state index in [0.29, 0.717) is 0 Å². The number of rotatable bonds is 4. The Kier molecular flexibility index (Phi) is 6.41. The second kappa shape index (κ2) is 11.1. The van der Waals surface area contributed by atoms with Gasteiger partial charge in [-0.1, -0.05) is 111 Å². The summed E-state index contributed by atoms with van der Waals surface area (Å²) >= 11 is 3.75.